The van der Waals surface area contributed by atoms with Crippen LogP contribution in [-0.4, -0.2) is 34.1 Å². The molecule has 1 amide bonds. The topological polar surface area (TPSA) is 36.1 Å². The Morgan fingerprint density at radius 3 is 2.62 bits per heavy atom. The second-order valence-electron chi connectivity index (χ2n) is 5.46. The maximum atomic E-state index is 12.3. The minimum atomic E-state index is 0.124. The van der Waals surface area contributed by atoms with E-state index in [-0.39, 0.29) is 5.91 Å². The van der Waals surface area contributed by atoms with Gasteiger partial charge < -0.3 is 9.88 Å². The van der Waals surface area contributed by atoms with E-state index in [2.05, 4.69) is 36.2 Å². The molecule has 3 rings (SSSR count). The number of carbonyl (C=O) groups excluding carboxylic acids is 1. The summed E-state index contributed by atoms with van der Waals surface area (Å²) in [6.45, 7) is 3.86. The molecular formula is C17H20N2OS. The van der Waals surface area contributed by atoms with Gasteiger partial charge in [0.1, 0.15) is 5.69 Å². The minimum Gasteiger partial charge on any atom is -0.357 e. The third kappa shape index (κ3) is 3.32. The van der Waals surface area contributed by atoms with Gasteiger partial charge in [-0.25, -0.2) is 0 Å². The van der Waals surface area contributed by atoms with E-state index in [1.807, 2.05) is 28.8 Å². The fourth-order valence-electron chi connectivity index (χ4n) is 2.68. The number of thioether (sulfide) groups is 1. The van der Waals surface area contributed by atoms with E-state index in [0.717, 1.165) is 25.9 Å². The van der Waals surface area contributed by atoms with Crippen molar-refractivity contribution in [1.29, 1.82) is 0 Å². The smallest absolute Gasteiger partial charge is 0.270 e. The van der Waals surface area contributed by atoms with E-state index in [1.165, 1.54) is 10.5 Å². The number of nitrogens with one attached hydrogen (secondary N) is 1. The van der Waals surface area contributed by atoms with Crippen molar-refractivity contribution in [3.05, 3.63) is 53.9 Å². The Morgan fingerprint density at radius 2 is 1.95 bits per heavy atom. The van der Waals surface area contributed by atoms with Crippen molar-refractivity contribution < 1.29 is 4.79 Å². The molecule has 1 saturated heterocycles. The Hall–Kier alpha value is -1.68. The van der Waals surface area contributed by atoms with Crippen LogP contribution in [0.1, 0.15) is 28.9 Å². The molecule has 0 unspecified atom stereocenters. The molecule has 0 saturated carbocycles. The van der Waals surface area contributed by atoms with Crippen LogP contribution in [0.25, 0.3) is 0 Å². The van der Waals surface area contributed by atoms with Crippen molar-refractivity contribution in [2.24, 2.45) is 0 Å². The molecule has 0 bridgehead atoms. The normalized spacial score (nSPS) is 16.1. The first-order valence-electron chi connectivity index (χ1n) is 7.39. The molecule has 1 aromatic heterocycles. The first-order chi connectivity index (χ1) is 10.2. The minimum absolute atomic E-state index is 0.124. The van der Waals surface area contributed by atoms with Crippen LogP contribution in [0.3, 0.4) is 0 Å². The second-order valence-corrected chi connectivity index (χ2v) is 6.80. The molecule has 4 heteroatoms. The number of hydrogen-bond donors (Lipinski definition) is 1. The lowest BCUT2D eigenvalue weighted by Gasteiger charge is -2.31. The summed E-state index contributed by atoms with van der Waals surface area (Å²) < 4.78 is 0. The standard InChI is InChI=1S/C17H20N2OS/c1-13-5-2-3-7-16(13)21-14-8-11-19(12-9-14)17(20)15-6-4-10-18-15/h2-7,10,14,18H,8-9,11-12H2,1H3. The molecule has 2 aromatic rings. The molecule has 0 aliphatic carbocycles. The lowest BCUT2D eigenvalue weighted by molar-refractivity contribution is 0.0722. The molecule has 1 aliphatic heterocycles. The summed E-state index contributed by atoms with van der Waals surface area (Å²) in [4.78, 5) is 18.6. The number of aromatic nitrogens is 1. The molecule has 1 fully saturated rings. The molecule has 0 radical (unpaired) electrons. The highest BCUT2D eigenvalue weighted by atomic mass is 32.2. The third-order valence-electron chi connectivity index (χ3n) is 3.94. The SMILES string of the molecule is Cc1ccccc1SC1CCN(C(=O)c2ccc[nH]2)CC1. The predicted octanol–water partition coefficient (Wildman–Crippen LogP) is 3.72. The van der Waals surface area contributed by atoms with Crippen LogP contribution in [-0.2, 0) is 0 Å². The molecule has 0 atom stereocenters. The zero-order chi connectivity index (χ0) is 14.7. The Labute approximate surface area is 129 Å². The Kier molecular flexibility index (Phi) is 4.34. The number of H-pyrrole nitrogens is 1. The number of amides is 1. The number of rotatable bonds is 3. The van der Waals surface area contributed by atoms with Crippen LogP contribution in [0.5, 0.6) is 0 Å². The van der Waals surface area contributed by atoms with Crippen molar-refractivity contribution >= 4 is 17.7 Å². The highest BCUT2D eigenvalue weighted by Gasteiger charge is 2.24. The summed E-state index contributed by atoms with van der Waals surface area (Å²) in [5.74, 6) is 0.124. The number of hydrogen-bond acceptors (Lipinski definition) is 2. The molecule has 21 heavy (non-hydrogen) atoms. The highest BCUT2D eigenvalue weighted by Crippen LogP contribution is 2.32. The third-order valence-corrected chi connectivity index (χ3v) is 5.46. The lowest BCUT2D eigenvalue weighted by atomic mass is 10.1. The van der Waals surface area contributed by atoms with Crippen LogP contribution in [0.2, 0.25) is 0 Å². The van der Waals surface area contributed by atoms with E-state index in [9.17, 15) is 4.79 Å². The van der Waals surface area contributed by atoms with Gasteiger partial charge in [0, 0.05) is 29.4 Å². The lowest BCUT2D eigenvalue weighted by Crippen LogP contribution is -2.39. The number of aryl methyl sites for hydroxylation is 1. The highest BCUT2D eigenvalue weighted by molar-refractivity contribution is 8.00. The first kappa shape index (κ1) is 14.3. The maximum Gasteiger partial charge on any atom is 0.270 e. The number of benzene rings is 1. The Bertz CT molecular complexity index is 601. The van der Waals surface area contributed by atoms with Crippen LogP contribution in [0.4, 0.5) is 0 Å². The number of aromatic amines is 1. The van der Waals surface area contributed by atoms with Gasteiger partial charge in [-0.05, 0) is 43.5 Å². The number of piperidine rings is 1. The molecule has 2 heterocycles. The van der Waals surface area contributed by atoms with Crippen LogP contribution < -0.4 is 0 Å². The van der Waals surface area contributed by atoms with Crippen molar-refractivity contribution in [1.82, 2.24) is 9.88 Å². The average Bonchev–Trinajstić information content (AvgIpc) is 3.04. The van der Waals surface area contributed by atoms with Gasteiger partial charge in [0.2, 0.25) is 0 Å². The fraction of sp³-hybridized carbons (Fsp3) is 0.353. The van der Waals surface area contributed by atoms with Gasteiger partial charge >= 0.3 is 0 Å². The number of likely N-dealkylation sites (tertiary alicyclic amines) is 1. The van der Waals surface area contributed by atoms with Gasteiger partial charge in [-0.3, -0.25) is 4.79 Å². The van der Waals surface area contributed by atoms with Gasteiger partial charge in [-0.1, -0.05) is 18.2 Å². The zero-order valence-electron chi connectivity index (χ0n) is 12.2. The monoisotopic (exact) mass is 300 g/mol. The van der Waals surface area contributed by atoms with E-state index in [0.29, 0.717) is 10.9 Å². The van der Waals surface area contributed by atoms with Gasteiger partial charge in [0.15, 0.2) is 0 Å². The molecule has 1 N–H and O–H groups in total. The summed E-state index contributed by atoms with van der Waals surface area (Å²) in [6, 6.07) is 12.2. The van der Waals surface area contributed by atoms with E-state index in [1.54, 1.807) is 6.20 Å². The largest absolute Gasteiger partial charge is 0.357 e. The summed E-state index contributed by atoms with van der Waals surface area (Å²) in [5, 5.41) is 0.610. The van der Waals surface area contributed by atoms with E-state index >= 15 is 0 Å². The number of carbonyl (C=O) groups is 1. The Balaban J connectivity index is 1.56. The van der Waals surface area contributed by atoms with Gasteiger partial charge in [-0.2, -0.15) is 0 Å². The van der Waals surface area contributed by atoms with E-state index in [4.69, 9.17) is 0 Å². The fourth-order valence-corrected chi connectivity index (χ4v) is 3.90. The second kappa shape index (κ2) is 6.39. The van der Waals surface area contributed by atoms with Crippen LogP contribution in [0, 0.1) is 6.92 Å². The number of nitrogens with zero attached hydrogens (tertiary/aromatic N) is 1. The van der Waals surface area contributed by atoms with Gasteiger partial charge in [0.25, 0.3) is 5.91 Å². The first-order valence-corrected chi connectivity index (χ1v) is 8.27. The molecule has 3 nitrogen and oxygen atoms in total. The van der Waals surface area contributed by atoms with Crippen LogP contribution >= 0.6 is 11.8 Å². The quantitative estimate of drug-likeness (QED) is 0.938. The molecule has 1 aromatic carbocycles. The summed E-state index contributed by atoms with van der Waals surface area (Å²) in [7, 11) is 0. The van der Waals surface area contributed by atoms with Crippen molar-refractivity contribution in [2.75, 3.05) is 13.1 Å². The molecule has 110 valence electrons. The summed E-state index contributed by atoms with van der Waals surface area (Å²) >= 11 is 1.96. The van der Waals surface area contributed by atoms with Crippen LogP contribution in [0.15, 0.2) is 47.5 Å². The molecule has 0 spiro atoms. The average molecular weight is 300 g/mol. The maximum absolute atomic E-state index is 12.3. The molecule has 1 aliphatic rings. The Morgan fingerprint density at radius 1 is 1.19 bits per heavy atom. The van der Waals surface area contributed by atoms with Crippen molar-refractivity contribution in [3.63, 3.8) is 0 Å². The summed E-state index contributed by atoms with van der Waals surface area (Å²) in [5.41, 5.74) is 2.03. The van der Waals surface area contributed by atoms with Gasteiger partial charge in [0.05, 0.1) is 0 Å². The van der Waals surface area contributed by atoms with E-state index < -0.39 is 0 Å². The van der Waals surface area contributed by atoms with Gasteiger partial charge in [-0.15, -0.1) is 11.8 Å². The molecular weight excluding hydrogens is 280 g/mol. The van der Waals surface area contributed by atoms with Crippen molar-refractivity contribution in [2.45, 2.75) is 29.9 Å². The predicted molar refractivity (Wildman–Crippen MR) is 86.8 cm³/mol. The summed E-state index contributed by atoms with van der Waals surface area (Å²) in [6.07, 6.45) is 3.92. The van der Waals surface area contributed by atoms with Crippen molar-refractivity contribution in [3.8, 4) is 0 Å². The zero-order valence-corrected chi connectivity index (χ0v) is 13.0.